The minimum absolute atomic E-state index is 0.719. The summed E-state index contributed by atoms with van der Waals surface area (Å²) in [4.78, 5) is 8.42. The lowest BCUT2D eigenvalue weighted by Crippen LogP contribution is -2.04. The molecule has 2 aromatic rings. The highest BCUT2D eigenvalue weighted by Gasteiger charge is 1.99. The Morgan fingerprint density at radius 2 is 1.80 bits per heavy atom. The Morgan fingerprint density at radius 1 is 1.05 bits per heavy atom. The van der Waals surface area contributed by atoms with E-state index in [4.69, 9.17) is 11.6 Å². The molecule has 4 nitrogen and oxygen atoms in total. The fourth-order valence-electron chi connectivity index (χ4n) is 1.79. The Morgan fingerprint density at radius 3 is 2.55 bits per heavy atom. The van der Waals surface area contributed by atoms with E-state index in [0.717, 1.165) is 35.3 Å². The molecule has 0 radical (unpaired) electrons. The molecule has 0 atom stereocenters. The van der Waals surface area contributed by atoms with Gasteiger partial charge >= 0.3 is 0 Å². The molecule has 1 heterocycles. The monoisotopic (exact) mass is 290 g/mol. The first-order chi connectivity index (χ1) is 9.78. The van der Waals surface area contributed by atoms with Crippen LogP contribution in [0.3, 0.4) is 0 Å². The highest BCUT2D eigenvalue weighted by Crippen LogP contribution is 2.18. The second-order valence-electron chi connectivity index (χ2n) is 4.55. The second kappa shape index (κ2) is 7.70. The highest BCUT2D eigenvalue weighted by molar-refractivity contribution is 6.30. The van der Waals surface area contributed by atoms with Crippen LogP contribution in [-0.2, 0) is 0 Å². The number of halogens is 1. The first-order valence-corrected chi connectivity index (χ1v) is 7.24. The van der Waals surface area contributed by atoms with E-state index in [1.165, 1.54) is 12.8 Å². The fraction of sp³-hybridized carbons (Fsp3) is 0.333. The predicted molar refractivity (Wildman–Crippen MR) is 84.8 cm³/mol. The molecule has 0 aliphatic heterocycles. The number of nitrogens with zero attached hydrogens (tertiary/aromatic N) is 2. The van der Waals surface area contributed by atoms with E-state index in [1.807, 2.05) is 30.3 Å². The van der Waals surface area contributed by atoms with Crippen LogP contribution in [0, 0.1) is 0 Å². The zero-order chi connectivity index (χ0) is 14.2. The summed E-state index contributed by atoms with van der Waals surface area (Å²) in [5.41, 5.74) is 0.949. The highest BCUT2D eigenvalue weighted by atomic mass is 35.5. The van der Waals surface area contributed by atoms with E-state index in [1.54, 1.807) is 6.33 Å². The molecule has 2 N–H and O–H groups in total. The summed E-state index contributed by atoms with van der Waals surface area (Å²) in [7, 11) is 0. The predicted octanol–water partition coefficient (Wildman–Crippen LogP) is 4.48. The van der Waals surface area contributed by atoms with E-state index in [0.29, 0.717) is 0 Å². The number of anilines is 3. The minimum Gasteiger partial charge on any atom is -0.370 e. The lowest BCUT2D eigenvalue weighted by Gasteiger charge is -2.08. The molecule has 0 bridgehead atoms. The van der Waals surface area contributed by atoms with Crippen molar-refractivity contribution in [2.24, 2.45) is 0 Å². The Bertz CT molecular complexity index is 528. The molecule has 0 saturated carbocycles. The number of nitrogens with one attached hydrogen (secondary N) is 2. The summed E-state index contributed by atoms with van der Waals surface area (Å²) in [5.74, 6) is 1.60. The van der Waals surface area contributed by atoms with E-state index >= 15 is 0 Å². The Labute approximate surface area is 124 Å². The lowest BCUT2D eigenvalue weighted by molar-refractivity contribution is 0.742. The number of hydrogen-bond acceptors (Lipinski definition) is 4. The van der Waals surface area contributed by atoms with E-state index in [9.17, 15) is 0 Å². The summed E-state index contributed by atoms with van der Waals surface area (Å²) in [6, 6.07) is 9.42. The largest absolute Gasteiger partial charge is 0.370 e. The molecule has 0 saturated heterocycles. The molecule has 1 aromatic carbocycles. The zero-order valence-corrected chi connectivity index (χ0v) is 12.3. The van der Waals surface area contributed by atoms with Crippen molar-refractivity contribution in [2.75, 3.05) is 17.2 Å². The van der Waals surface area contributed by atoms with Crippen LogP contribution in [0.1, 0.15) is 26.2 Å². The molecule has 2 rings (SSSR count). The Hall–Kier alpha value is -1.81. The summed E-state index contributed by atoms with van der Waals surface area (Å²) < 4.78 is 0. The van der Waals surface area contributed by atoms with Crippen LogP contribution in [-0.4, -0.2) is 16.5 Å². The number of hydrogen-bond donors (Lipinski definition) is 2. The maximum absolute atomic E-state index is 5.86. The molecule has 5 heteroatoms. The van der Waals surface area contributed by atoms with Gasteiger partial charge in [0.15, 0.2) is 0 Å². The van der Waals surface area contributed by atoms with Crippen LogP contribution in [0.25, 0.3) is 0 Å². The second-order valence-corrected chi connectivity index (χ2v) is 4.99. The van der Waals surface area contributed by atoms with Crippen molar-refractivity contribution in [2.45, 2.75) is 26.2 Å². The van der Waals surface area contributed by atoms with Crippen molar-refractivity contribution >= 4 is 28.9 Å². The molecular formula is C15H19ClN4. The van der Waals surface area contributed by atoms with Crippen LogP contribution in [0.5, 0.6) is 0 Å². The molecule has 0 fully saturated rings. The van der Waals surface area contributed by atoms with Crippen molar-refractivity contribution < 1.29 is 0 Å². The first-order valence-electron chi connectivity index (χ1n) is 6.86. The average Bonchev–Trinajstić information content (AvgIpc) is 2.47. The molecule has 0 aliphatic carbocycles. The third kappa shape index (κ3) is 4.70. The van der Waals surface area contributed by atoms with Crippen molar-refractivity contribution in [1.82, 2.24) is 9.97 Å². The lowest BCUT2D eigenvalue weighted by atomic mass is 10.2. The molecule has 0 unspecified atom stereocenters. The van der Waals surface area contributed by atoms with Gasteiger partial charge in [0.25, 0.3) is 0 Å². The van der Waals surface area contributed by atoms with Crippen molar-refractivity contribution in [1.29, 1.82) is 0 Å². The van der Waals surface area contributed by atoms with Crippen molar-refractivity contribution in [3.63, 3.8) is 0 Å². The van der Waals surface area contributed by atoms with Gasteiger partial charge in [0.05, 0.1) is 0 Å². The zero-order valence-electron chi connectivity index (χ0n) is 11.6. The van der Waals surface area contributed by atoms with Gasteiger partial charge in [-0.2, -0.15) is 0 Å². The van der Waals surface area contributed by atoms with E-state index < -0.39 is 0 Å². The molecular weight excluding hydrogens is 272 g/mol. The van der Waals surface area contributed by atoms with Crippen molar-refractivity contribution in [3.8, 4) is 0 Å². The summed E-state index contributed by atoms with van der Waals surface area (Å²) in [6.45, 7) is 3.13. The Kier molecular flexibility index (Phi) is 5.62. The standard InChI is InChI=1S/C15H19ClN4/c1-2-3-4-9-17-14-10-15(19-11-18-14)20-13-7-5-12(16)6-8-13/h5-8,10-11H,2-4,9H2,1H3,(H2,17,18,19,20). The summed E-state index contributed by atoms with van der Waals surface area (Å²) in [6.07, 6.45) is 5.16. The molecule has 20 heavy (non-hydrogen) atoms. The van der Waals surface area contributed by atoms with Gasteiger partial charge in [0.2, 0.25) is 0 Å². The van der Waals surface area contributed by atoms with E-state index in [2.05, 4.69) is 27.5 Å². The quantitative estimate of drug-likeness (QED) is 0.738. The van der Waals surface area contributed by atoms with Crippen LogP contribution >= 0.6 is 11.6 Å². The first kappa shape index (κ1) is 14.6. The maximum Gasteiger partial charge on any atom is 0.135 e. The third-order valence-corrected chi connectivity index (χ3v) is 3.12. The normalized spacial score (nSPS) is 10.3. The van der Waals surface area contributed by atoms with Crippen LogP contribution in [0.4, 0.5) is 17.3 Å². The Balaban J connectivity index is 1.93. The van der Waals surface area contributed by atoms with Gasteiger partial charge < -0.3 is 10.6 Å². The van der Waals surface area contributed by atoms with E-state index in [-0.39, 0.29) is 0 Å². The number of benzene rings is 1. The number of aromatic nitrogens is 2. The van der Waals surface area contributed by atoms with Gasteiger partial charge in [-0.05, 0) is 30.7 Å². The van der Waals surface area contributed by atoms with Gasteiger partial charge in [0.1, 0.15) is 18.0 Å². The third-order valence-electron chi connectivity index (χ3n) is 2.87. The molecule has 0 spiro atoms. The molecule has 1 aromatic heterocycles. The minimum atomic E-state index is 0.719. The number of rotatable bonds is 7. The SMILES string of the molecule is CCCCCNc1cc(Nc2ccc(Cl)cc2)ncn1. The van der Waals surface area contributed by atoms with Crippen LogP contribution < -0.4 is 10.6 Å². The van der Waals surface area contributed by atoms with Gasteiger partial charge in [-0.1, -0.05) is 31.4 Å². The van der Waals surface area contributed by atoms with Gasteiger partial charge in [0, 0.05) is 23.3 Å². The smallest absolute Gasteiger partial charge is 0.135 e. The van der Waals surface area contributed by atoms with Gasteiger partial charge in [-0.3, -0.25) is 0 Å². The van der Waals surface area contributed by atoms with Crippen molar-refractivity contribution in [3.05, 3.63) is 41.7 Å². The van der Waals surface area contributed by atoms with Gasteiger partial charge in [-0.25, -0.2) is 9.97 Å². The van der Waals surface area contributed by atoms with Crippen LogP contribution in [0.15, 0.2) is 36.7 Å². The maximum atomic E-state index is 5.86. The van der Waals surface area contributed by atoms with Crippen LogP contribution in [0.2, 0.25) is 5.02 Å². The summed E-state index contributed by atoms with van der Waals surface area (Å²) in [5, 5.41) is 7.24. The fourth-order valence-corrected chi connectivity index (χ4v) is 1.92. The average molecular weight is 291 g/mol. The molecule has 106 valence electrons. The molecule has 0 aliphatic rings. The summed E-state index contributed by atoms with van der Waals surface area (Å²) >= 11 is 5.86. The topological polar surface area (TPSA) is 49.8 Å². The van der Waals surface area contributed by atoms with Gasteiger partial charge in [-0.15, -0.1) is 0 Å². The number of unbranched alkanes of at least 4 members (excludes halogenated alkanes) is 2. The molecule has 0 amide bonds.